The number of nitrogens with zero attached hydrogens (tertiary/aromatic N) is 6. The molecule has 1 saturated carbocycles. The van der Waals surface area contributed by atoms with E-state index in [-0.39, 0.29) is 5.75 Å². The molecular weight excluding hydrogens is 433 g/mol. The van der Waals surface area contributed by atoms with Crippen LogP contribution in [0, 0.1) is 35.2 Å². The van der Waals surface area contributed by atoms with Gasteiger partial charge in [0, 0.05) is 44.3 Å². The third-order valence-corrected chi connectivity index (χ3v) is 6.50. The molecule has 33 heavy (non-hydrogen) atoms. The molecule has 2 aliphatic rings. The summed E-state index contributed by atoms with van der Waals surface area (Å²) in [5.41, 5.74) is 1.67. The summed E-state index contributed by atoms with van der Waals surface area (Å²) in [6.45, 7) is 2.08. The van der Waals surface area contributed by atoms with Crippen LogP contribution in [0.25, 0.3) is 22.8 Å². The van der Waals surface area contributed by atoms with Crippen LogP contribution in [-0.4, -0.2) is 44.2 Å². The highest BCUT2D eigenvalue weighted by molar-refractivity contribution is 5.74. The number of fused-ring (bicyclic) bond motifs is 2. The Hall–Kier alpha value is -3.69. The number of imidazole rings is 1. The fourth-order valence-electron chi connectivity index (χ4n) is 4.72. The van der Waals surface area contributed by atoms with Crippen molar-refractivity contribution in [2.24, 2.45) is 24.8 Å². The Morgan fingerprint density at radius 2 is 1.70 bits per heavy atom. The van der Waals surface area contributed by atoms with Crippen molar-refractivity contribution in [1.82, 2.24) is 24.5 Å². The lowest BCUT2D eigenvalue weighted by atomic mass is 10.2. The van der Waals surface area contributed by atoms with Gasteiger partial charge < -0.3 is 14.2 Å². The first-order valence-electron chi connectivity index (χ1n) is 10.6. The van der Waals surface area contributed by atoms with Crippen molar-refractivity contribution in [2.45, 2.75) is 0 Å². The summed E-state index contributed by atoms with van der Waals surface area (Å²) in [7, 11) is 1.83. The zero-order valence-electron chi connectivity index (χ0n) is 17.6. The number of ether oxygens (including phenoxy) is 1. The Kier molecular flexibility index (Phi) is 4.49. The van der Waals surface area contributed by atoms with Crippen LogP contribution in [0.4, 0.5) is 19.0 Å². The highest BCUT2D eigenvalue weighted by atomic mass is 19.1. The molecule has 10 heteroatoms. The maximum atomic E-state index is 13.3. The van der Waals surface area contributed by atoms with Crippen LogP contribution in [0.5, 0.6) is 5.75 Å². The minimum Gasteiger partial charge on any atom is -0.493 e. The first kappa shape index (κ1) is 20.0. The Bertz CT molecular complexity index is 1330. The van der Waals surface area contributed by atoms with E-state index in [0.717, 1.165) is 31.2 Å². The SMILES string of the molecule is Cn1c(-c2ccc(F)cn2)nc2ncc(N3CC4C(COc5cc(F)cc(F)c5)C4C3)nc21. The van der Waals surface area contributed by atoms with Crippen LogP contribution in [0.1, 0.15) is 0 Å². The molecule has 4 aromatic rings. The van der Waals surface area contributed by atoms with Crippen LogP contribution in [0.2, 0.25) is 0 Å². The molecule has 4 heterocycles. The molecule has 1 aliphatic carbocycles. The van der Waals surface area contributed by atoms with Crippen LogP contribution in [0.15, 0.2) is 42.7 Å². The number of rotatable bonds is 5. The van der Waals surface area contributed by atoms with Crippen molar-refractivity contribution in [3.8, 4) is 17.3 Å². The fourth-order valence-corrected chi connectivity index (χ4v) is 4.72. The largest absolute Gasteiger partial charge is 0.493 e. The first-order valence-corrected chi connectivity index (χ1v) is 10.6. The molecule has 0 bridgehead atoms. The number of pyridine rings is 1. The van der Waals surface area contributed by atoms with E-state index in [0.29, 0.717) is 47.2 Å². The molecule has 0 spiro atoms. The van der Waals surface area contributed by atoms with Gasteiger partial charge in [-0.15, -0.1) is 0 Å². The van der Waals surface area contributed by atoms with Crippen LogP contribution in [-0.2, 0) is 7.05 Å². The lowest BCUT2D eigenvalue weighted by Gasteiger charge is -2.20. The zero-order valence-corrected chi connectivity index (χ0v) is 17.6. The topological polar surface area (TPSA) is 69.0 Å². The molecular formula is C23H19F3N6O. The van der Waals surface area contributed by atoms with E-state index in [1.807, 2.05) is 7.05 Å². The molecule has 168 valence electrons. The van der Waals surface area contributed by atoms with E-state index in [9.17, 15) is 13.2 Å². The molecule has 0 amide bonds. The van der Waals surface area contributed by atoms with E-state index < -0.39 is 17.5 Å². The third-order valence-electron chi connectivity index (χ3n) is 6.50. The van der Waals surface area contributed by atoms with E-state index in [1.54, 1.807) is 16.8 Å². The molecule has 1 aromatic carbocycles. The lowest BCUT2D eigenvalue weighted by molar-refractivity contribution is 0.280. The first-order chi connectivity index (χ1) is 16.0. The fraction of sp³-hybridized carbons (Fsp3) is 0.304. The molecule has 0 N–H and O–H groups in total. The lowest BCUT2D eigenvalue weighted by Crippen LogP contribution is -2.26. The van der Waals surface area contributed by atoms with Crippen LogP contribution >= 0.6 is 0 Å². The van der Waals surface area contributed by atoms with Crippen molar-refractivity contribution in [3.05, 3.63) is 60.2 Å². The number of benzene rings is 1. The van der Waals surface area contributed by atoms with Gasteiger partial charge in [0.25, 0.3) is 0 Å². The van der Waals surface area contributed by atoms with Gasteiger partial charge in [-0.05, 0) is 24.0 Å². The van der Waals surface area contributed by atoms with Gasteiger partial charge in [0.1, 0.15) is 34.7 Å². The number of halogens is 3. The third kappa shape index (κ3) is 3.55. The highest BCUT2D eigenvalue weighted by Crippen LogP contribution is 2.52. The molecule has 3 aromatic heterocycles. The van der Waals surface area contributed by atoms with Crippen LogP contribution < -0.4 is 9.64 Å². The van der Waals surface area contributed by atoms with Crippen molar-refractivity contribution >= 4 is 17.1 Å². The number of aryl methyl sites for hydroxylation is 1. The van der Waals surface area contributed by atoms with Gasteiger partial charge in [0.15, 0.2) is 17.1 Å². The van der Waals surface area contributed by atoms with E-state index in [1.165, 1.54) is 18.2 Å². The summed E-state index contributed by atoms with van der Waals surface area (Å²) in [6.07, 6.45) is 2.87. The average Bonchev–Trinajstić information content (AvgIpc) is 3.10. The maximum absolute atomic E-state index is 13.3. The Morgan fingerprint density at radius 3 is 2.39 bits per heavy atom. The van der Waals surface area contributed by atoms with E-state index in [4.69, 9.17) is 9.72 Å². The summed E-state index contributed by atoms with van der Waals surface area (Å²) in [5, 5.41) is 0. The van der Waals surface area contributed by atoms with E-state index >= 15 is 0 Å². The quantitative estimate of drug-likeness (QED) is 0.461. The summed E-state index contributed by atoms with van der Waals surface area (Å²) in [5.74, 6) is 1.11. The van der Waals surface area contributed by atoms with Crippen molar-refractivity contribution < 1.29 is 17.9 Å². The highest BCUT2D eigenvalue weighted by Gasteiger charge is 2.56. The van der Waals surface area contributed by atoms with Gasteiger partial charge in [-0.2, -0.15) is 0 Å². The van der Waals surface area contributed by atoms with Gasteiger partial charge in [0.05, 0.1) is 19.0 Å². The van der Waals surface area contributed by atoms with Gasteiger partial charge in [0.2, 0.25) is 0 Å². The summed E-state index contributed by atoms with van der Waals surface area (Å²) >= 11 is 0. The Morgan fingerprint density at radius 1 is 0.939 bits per heavy atom. The smallest absolute Gasteiger partial charge is 0.198 e. The molecule has 2 unspecified atom stereocenters. The molecule has 6 rings (SSSR count). The van der Waals surface area contributed by atoms with Crippen LogP contribution in [0.3, 0.4) is 0 Å². The molecule has 7 nitrogen and oxygen atoms in total. The predicted octanol–water partition coefficient (Wildman–Crippen LogP) is 3.60. The van der Waals surface area contributed by atoms with Gasteiger partial charge in [-0.1, -0.05) is 0 Å². The average molecular weight is 452 g/mol. The minimum atomic E-state index is -0.644. The van der Waals surface area contributed by atoms with Crippen molar-refractivity contribution in [1.29, 1.82) is 0 Å². The molecule has 2 fully saturated rings. The molecule has 1 aliphatic heterocycles. The second-order valence-electron chi connectivity index (χ2n) is 8.54. The summed E-state index contributed by atoms with van der Waals surface area (Å²) in [6, 6.07) is 6.14. The number of aromatic nitrogens is 5. The zero-order chi connectivity index (χ0) is 22.7. The number of hydrogen-bond acceptors (Lipinski definition) is 6. The van der Waals surface area contributed by atoms with Crippen molar-refractivity contribution in [2.75, 3.05) is 24.6 Å². The second-order valence-corrected chi connectivity index (χ2v) is 8.54. The Balaban J connectivity index is 1.14. The summed E-state index contributed by atoms with van der Waals surface area (Å²) < 4.78 is 47.3. The van der Waals surface area contributed by atoms with E-state index in [2.05, 4.69) is 19.9 Å². The molecule has 1 saturated heterocycles. The van der Waals surface area contributed by atoms with Crippen molar-refractivity contribution in [3.63, 3.8) is 0 Å². The predicted molar refractivity (Wildman–Crippen MR) is 114 cm³/mol. The number of anilines is 1. The minimum absolute atomic E-state index is 0.216. The second kappa shape index (κ2) is 7.43. The maximum Gasteiger partial charge on any atom is 0.198 e. The van der Waals surface area contributed by atoms with Gasteiger partial charge >= 0.3 is 0 Å². The summed E-state index contributed by atoms with van der Waals surface area (Å²) in [4.78, 5) is 20.0. The monoisotopic (exact) mass is 452 g/mol. The van der Waals surface area contributed by atoms with Gasteiger partial charge in [-0.3, -0.25) is 0 Å². The molecule has 2 atom stereocenters. The Labute approximate surface area is 186 Å². The standard InChI is InChI=1S/C23H19F3N6O/c1-31-22(19-3-2-12(24)7-27-19)30-21-23(31)29-20(8-28-21)32-9-16-17(10-32)18(16)11-33-15-5-13(25)4-14(26)6-15/h2-8,16-18H,9-11H2,1H3. The normalized spacial score (nSPS) is 21.5. The number of hydrogen-bond donors (Lipinski definition) is 0. The van der Waals surface area contributed by atoms with Gasteiger partial charge in [-0.25, -0.2) is 33.1 Å². The molecule has 0 radical (unpaired) electrons. The number of piperidine rings is 1.